The highest BCUT2D eigenvalue weighted by atomic mass is 127. The van der Waals surface area contributed by atoms with E-state index in [1.807, 2.05) is 47.4 Å². The summed E-state index contributed by atoms with van der Waals surface area (Å²) in [5.74, 6) is 0.688. The number of nitrogens with zero attached hydrogens (tertiary/aromatic N) is 4. The fourth-order valence-corrected chi connectivity index (χ4v) is 2.24. The lowest BCUT2D eigenvalue weighted by Crippen LogP contribution is -2.05. The number of para-hydroxylation sites is 1. The number of rotatable bonds is 3. The molecule has 0 saturated heterocycles. The van der Waals surface area contributed by atoms with Crippen LogP contribution in [0.2, 0.25) is 0 Å². The van der Waals surface area contributed by atoms with Crippen LogP contribution in [0.1, 0.15) is 5.56 Å². The van der Waals surface area contributed by atoms with Gasteiger partial charge in [0.15, 0.2) is 0 Å². The zero-order valence-corrected chi connectivity index (χ0v) is 12.2. The van der Waals surface area contributed by atoms with E-state index in [0.29, 0.717) is 12.4 Å². The van der Waals surface area contributed by atoms with Crippen LogP contribution < -0.4 is 5.73 Å². The lowest BCUT2D eigenvalue weighted by atomic mass is 10.3. The number of nitrogens with two attached hydrogens (primary N) is 1. The van der Waals surface area contributed by atoms with Crippen molar-refractivity contribution in [1.82, 2.24) is 19.6 Å². The number of benzene rings is 1. The fraction of sp³-hybridized carbons (Fsp3) is 0.0769. The Balaban J connectivity index is 1.84. The van der Waals surface area contributed by atoms with Gasteiger partial charge in [0.2, 0.25) is 0 Å². The second-order valence-corrected chi connectivity index (χ2v) is 5.33. The standard InChI is InChI=1S/C13H12IN5/c14-12-7-17-19(13(12)15)9-10-6-16-18(8-10)11-4-2-1-3-5-11/h1-8H,9,15H2. The zero-order valence-electron chi connectivity index (χ0n) is 10.1. The summed E-state index contributed by atoms with van der Waals surface area (Å²) in [6, 6.07) is 10.00. The van der Waals surface area contributed by atoms with Gasteiger partial charge in [0.05, 0.1) is 28.2 Å². The molecule has 0 fully saturated rings. The van der Waals surface area contributed by atoms with Gasteiger partial charge >= 0.3 is 0 Å². The molecule has 0 saturated carbocycles. The van der Waals surface area contributed by atoms with Crippen LogP contribution in [0, 0.1) is 3.57 Å². The zero-order chi connectivity index (χ0) is 13.2. The smallest absolute Gasteiger partial charge is 0.135 e. The summed E-state index contributed by atoms with van der Waals surface area (Å²) in [5, 5.41) is 8.59. The lowest BCUT2D eigenvalue weighted by molar-refractivity contribution is 0.697. The average molecular weight is 365 g/mol. The van der Waals surface area contributed by atoms with E-state index < -0.39 is 0 Å². The van der Waals surface area contributed by atoms with E-state index in [4.69, 9.17) is 5.73 Å². The Hall–Kier alpha value is -1.83. The first-order valence-corrected chi connectivity index (χ1v) is 6.87. The number of anilines is 1. The third-order valence-corrected chi connectivity index (χ3v) is 3.65. The van der Waals surface area contributed by atoms with Crippen LogP contribution in [0.25, 0.3) is 5.69 Å². The van der Waals surface area contributed by atoms with Crippen LogP contribution in [-0.4, -0.2) is 19.6 Å². The van der Waals surface area contributed by atoms with E-state index in [9.17, 15) is 0 Å². The molecule has 0 unspecified atom stereocenters. The number of hydrogen-bond donors (Lipinski definition) is 1. The van der Waals surface area contributed by atoms with Crippen molar-refractivity contribution in [1.29, 1.82) is 0 Å². The quantitative estimate of drug-likeness (QED) is 0.725. The first kappa shape index (κ1) is 12.2. The Kier molecular flexibility index (Phi) is 3.24. The Morgan fingerprint density at radius 2 is 1.89 bits per heavy atom. The molecular weight excluding hydrogens is 353 g/mol. The summed E-state index contributed by atoms with van der Waals surface area (Å²) in [6.07, 6.45) is 5.59. The molecule has 2 heterocycles. The van der Waals surface area contributed by atoms with Gasteiger partial charge in [-0.2, -0.15) is 10.2 Å². The molecule has 0 bridgehead atoms. The predicted molar refractivity (Wildman–Crippen MR) is 82.0 cm³/mol. The summed E-state index contributed by atoms with van der Waals surface area (Å²) in [5.41, 5.74) is 8.04. The minimum Gasteiger partial charge on any atom is -0.383 e. The summed E-state index contributed by atoms with van der Waals surface area (Å²) >= 11 is 2.17. The molecule has 96 valence electrons. The Bertz CT molecular complexity index is 686. The van der Waals surface area contributed by atoms with Gasteiger partial charge in [-0.05, 0) is 34.7 Å². The van der Waals surface area contributed by atoms with Crippen LogP contribution in [0.15, 0.2) is 48.9 Å². The van der Waals surface area contributed by atoms with Gasteiger partial charge in [-0.15, -0.1) is 0 Å². The molecule has 2 aromatic heterocycles. The molecule has 0 atom stereocenters. The van der Waals surface area contributed by atoms with Crippen molar-refractivity contribution >= 4 is 28.4 Å². The molecule has 19 heavy (non-hydrogen) atoms. The molecular formula is C13H12IN5. The number of aromatic nitrogens is 4. The van der Waals surface area contributed by atoms with Gasteiger partial charge in [-0.25, -0.2) is 9.36 Å². The summed E-state index contributed by atoms with van der Waals surface area (Å²) in [4.78, 5) is 0. The van der Waals surface area contributed by atoms with Gasteiger partial charge in [0.1, 0.15) is 5.82 Å². The molecule has 0 radical (unpaired) electrons. The maximum absolute atomic E-state index is 5.93. The minimum absolute atomic E-state index is 0.627. The van der Waals surface area contributed by atoms with Gasteiger partial charge < -0.3 is 5.73 Å². The first-order valence-electron chi connectivity index (χ1n) is 5.80. The summed E-state index contributed by atoms with van der Waals surface area (Å²) < 4.78 is 4.58. The van der Waals surface area contributed by atoms with E-state index in [1.54, 1.807) is 10.9 Å². The monoisotopic (exact) mass is 365 g/mol. The Morgan fingerprint density at radius 3 is 2.58 bits per heavy atom. The van der Waals surface area contributed by atoms with E-state index >= 15 is 0 Å². The van der Waals surface area contributed by atoms with Crippen molar-refractivity contribution in [3.05, 3.63) is 58.1 Å². The minimum atomic E-state index is 0.627. The van der Waals surface area contributed by atoms with E-state index in [2.05, 4.69) is 32.8 Å². The average Bonchev–Trinajstić information content (AvgIpc) is 3.02. The van der Waals surface area contributed by atoms with Crippen LogP contribution in [-0.2, 0) is 6.54 Å². The van der Waals surface area contributed by atoms with E-state index in [1.165, 1.54) is 0 Å². The maximum Gasteiger partial charge on any atom is 0.135 e. The van der Waals surface area contributed by atoms with Gasteiger partial charge in [-0.3, -0.25) is 0 Å². The topological polar surface area (TPSA) is 61.7 Å². The molecule has 2 N–H and O–H groups in total. The molecule has 0 aliphatic rings. The number of halogens is 1. The highest BCUT2D eigenvalue weighted by molar-refractivity contribution is 14.1. The first-order chi connectivity index (χ1) is 9.24. The highest BCUT2D eigenvalue weighted by Gasteiger charge is 2.07. The van der Waals surface area contributed by atoms with Crippen molar-refractivity contribution < 1.29 is 0 Å². The SMILES string of the molecule is Nc1c(I)cnn1Cc1cnn(-c2ccccc2)c1. The van der Waals surface area contributed by atoms with Crippen molar-refractivity contribution in [2.24, 2.45) is 0 Å². The third-order valence-electron chi connectivity index (χ3n) is 2.82. The molecule has 0 amide bonds. The second kappa shape index (κ2) is 5.04. The Morgan fingerprint density at radius 1 is 1.11 bits per heavy atom. The number of nitrogen functional groups attached to an aromatic ring is 1. The maximum atomic E-state index is 5.93. The second-order valence-electron chi connectivity index (χ2n) is 4.16. The van der Waals surface area contributed by atoms with Gasteiger partial charge in [0, 0.05) is 11.8 Å². The molecule has 6 heteroatoms. The normalized spacial score (nSPS) is 10.8. The van der Waals surface area contributed by atoms with Crippen LogP contribution in [0.5, 0.6) is 0 Å². The van der Waals surface area contributed by atoms with Crippen molar-refractivity contribution in [3.8, 4) is 5.69 Å². The molecule has 3 rings (SSSR count). The molecule has 0 aliphatic heterocycles. The molecule has 1 aromatic carbocycles. The highest BCUT2D eigenvalue weighted by Crippen LogP contribution is 2.15. The molecule has 0 spiro atoms. The predicted octanol–water partition coefficient (Wildman–Crippen LogP) is 2.30. The largest absolute Gasteiger partial charge is 0.383 e. The van der Waals surface area contributed by atoms with Gasteiger partial charge in [-0.1, -0.05) is 18.2 Å². The van der Waals surface area contributed by atoms with Crippen molar-refractivity contribution in [2.75, 3.05) is 5.73 Å². The van der Waals surface area contributed by atoms with Crippen LogP contribution in [0.3, 0.4) is 0 Å². The summed E-state index contributed by atoms with van der Waals surface area (Å²) in [6.45, 7) is 0.627. The Labute approximate surface area is 124 Å². The summed E-state index contributed by atoms with van der Waals surface area (Å²) in [7, 11) is 0. The molecule has 3 aromatic rings. The van der Waals surface area contributed by atoms with E-state index in [-0.39, 0.29) is 0 Å². The van der Waals surface area contributed by atoms with Crippen LogP contribution >= 0.6 is 22.6 Å². The van der Waals surface area contributed by atoms with Crippen molar-refractivity contribution in [2.45, 2.75) is 6.54 Å². The number of hydrogen-bond acceptors (Lipinski definition) is 3. The lowest BCUT2D eigenvalue weighted by Gasteiger charge is -2.02. The third kappa shape index (κ3) is 2.48. The molecule has 5 nitrogen and oxygen atoms in total. The fourth-order valence-electron chi connectivity index (χ4n) is 1.83. The molecule has 0 aliphatic carbocycles. The van der Waals surface area contributed by atoms with Crippen molar-refractivity contribution in [3.63, 3.8) is 0 Å². The van der Waals surface area contributed by atoms with Crippen LogP contribution in [0.4, 0.5) is 5.82 Å². The van der Waals surface area contributed by atoms with Gasteiger partial charge in [0.25, 0.3) is 0 Å². The van der Waals surface area contributed by atoms with E-state index in [0.717, 1.165) is 14.8 Å².